The third-order valence-corrected chi connectivity index (χ3v) is 8.81. The first-order valence-electron chi connectivity index (χ1n) is 12.4. The quantitative estimate of drug-likeness (QED) is 0.259. The van der Waals surface area contributed by atoms with Crippen LogP contribution in [-0.4, -0.2) is 28.2 Å². The molecule has 4 aromatic rings. The molecular formula is C27H22F4N4OS. The lowest BCUT2D eigenvalue weighted by atomic mass is 9.63. The molecule has 1 spiro atoms. The van der Waals surface area contributed by atoms with Crippen molar-refractivity contribution in [1.29, 1.82) is 0 Å². The number of benzene rings is 1. The summed E-state index contributed by atoms with van der Waals surface area (Å²) in [6, 6.07) is 7.92. The van der Waals surface area contributed by atoms with Crippen LogP contribution in [0.4, 0.5) is 22.7 Å². The zero-order valence-corrected chi connectivity index (χ0v) is 20.5. The van der Waals surface area contributed by atoms with Gasteiger partial charge in [-0.1, -0.05) is 28.6 Å². The van der Waals surface area contributed by atoms with E-state index >= 15 is 0 Å². The van der Waals surface area contributed by atoms with Gasteiger partial charge in [-0.2, -0.15) is 13.2 Å². The molecule has 1 saturated carbocycles. The van der Waals surface area contributed by atoms with E-state index in [0.29, 0.717) is 11.3 Å². The highest BCUT2D eigenvalue weighted by atomic mass is 32.1. The van der Waals surface area contributed by atoms with Gasteiger partial charge in [-0.05, 0) is 67.4 Å². The number of fused-ring (bicyclic) bond motifs is 1. The predicted molar refractivity (Wildman–Crippen MR) is 133 cm³/mol. The fraction of sp³-hybridized carbons (Fsp3) is 0.370. The van der Waals surface area contributed by atoms with Crippen LogP contribution in [0.5, 0.6) is 0 Å². The van der Waals surface area contributed by atoms with Crippen molar-refractivity contribution in [2.24, 2.45) is 5.41 Å². The summed E-state index contributed by atoms with van der Waals surface area (Å²) in [5, 5.41) is 4.96. The Balaban J connectivity index is 1.17. The van der Waals surface area contributed by atoms with Gasteiger partial charge in [0.1, 0.15) is 22.8 Å². The van der Waals surface area contributed by atoms with Crippen molar-refractivity contribution in [3.63, 3.8) is 0 Å². The summed E-state index contributed by atoms with van der Waals surface area (Å²) < 4.78 is 61.8. The minimum absolute atomic E-state index is 0.00901. The van der Waals surface area contributed by atoms with Gasteiger partial charge in [-0.25, -0.2) is 9.37 Å². The number of para-hydroxylation sites is 1. The van der Waals surface area contributed by atoms with Gasteiger partial charge in [-0.3, -0.25) is 4.98 Å². The minimum Gasteiger partial charge on any atom is -0.360 e. The van der Waals surface area contributed by atoms with Crippen LogP contribution < -0.4 is 4.90 Å². The van der Waals surface area contributed by atoms with E-state index in [1.54, 1.807) is 6.07 Å². The standard InChI is InChI=1S/C27H22F4N4OS/c28-18-4-1-5-19-22(18)33-25(37-19)35-11-8-26(9-12-35)13-16(14-26)20-21(34-36-23(20)15-6-7-15)17-3-2-10-32-24(17)27(29,30)31/h1-5,10,13,15H,6-9,11-12,14H2. The van der Waals surface area contributed by atoms with Crippen LogP contribution in [0.2, 0.25) is 0 Å². The Kier molecular flexibility index (Phi) is 5.02. The number of hydrogen-bond acceptors (Lipinski definition) is 6. The number of nitrogens with zero attached hydrogens (tertiary/aromatic N) is 4. The van der Waals surface area contributed by atoms with Crippen LogP contribution >= 0.6 is 11.3 Å². The molecule has 1 saturated heterocycles. The maximum absolute atomic E-state index is 14.1. The summed E-state index contributed by atoms with van der Waals surface area (Å²) in [7, 11) is 0. The number of allylic oxidation sites excluding steroid dienone is 2. The first-order chi connectivity index (χ1) is 17.8. The van der Waals surface area contributed by atoms with E-state index in [9.17, 15) is 17.6 Å². The molecule has 0 N–H and O–H groups in total. The number of thiazole rings is 1. The van der Waals surface area contributed by atoms with Crippen LogP contribution in [0.3, 0.4) is 0 Å². The number of alkyl halides is 3. The summed E-state index contributed by atoms with van der Waals surface area (Å²) in [6.07, 6.45) is 3.26. The lowest BCUT2D eigenvalue weighted by Crippen LogP contribution is -2.42. The van der Waals surface area contributed by atoms with Crippen LogP contribution in [-0.2, 0) is 6.18 Å². The van der Waals surface area contributed by atoms with Crippen LogP contribution in [0.15, 0.2) is 47.1 Å². The molecule has 5 nitrogen and oxygen atoms in total. The second kappa shape index (κ2) is 8.11. The summed E-state index contributed by atoms with van der Waals surface area (Å²) >= 11 is 1.50. The average molecular weight is 527 g/mol. The fourth-order valence-corrected chi connectivity index (χ4v) is 6.66. The highest BCUT2D eigenvalue weighted by molar-refractivity contribution is 7.22. The van der Waals surface area contributed by atoms with E-state index in [0.717, 1.165) is 72.4 Å². The van der Waals surface area contributed by atoms with Gasteiger partial charge in [0.2, 0.25) is 0 Å². The Hall–Kier alpha value is -3.27. The molecule has 2 fully saturated rings. The summed E-state index contributed by atoms with van der Waals surface area (Å²) in [6.45, 7) is 1.58. The molecular weight excluding hydrogens is 504 g/mol. The van der Waals surface area contributed by atoms with Crippen molar-refractivity contribution in [3.05, 3.63) is 65.4 Å². The average Bonchev–Trinajstić information content (AvgIpc) is 3.45. The zero-order chi connectivity index (χ0) is 25.4. The van der Waals surface area contributed by atoms with E-state index in [1.807, 2.05) is 6.07 Å². The second-order valence-corrected chi connectivity index (χ2v) is 11.2. The van der Waals surface area contributed by atoms with Crippen molar-refractivity contribution in [1.82, 2.24) is 15.1 Å². The van der Waals surface area contributed by atoms with Crippen molar-refractivity contribution < 1.29 is 22.1 Å². The molecule has 0 atom stereocenters. The smallest absolute Gasteiger partial charge is 0.360 e. The Morgan fingerprint density at radius 3 is 2.57 bits per heavy atom. The van der Waals surface area contributed by atoms with E-state index < -0.39 is 11.9 Å². The molecule has 10 heteroatoms. The number of aromatic nitrogens is 3. The molecule has 1 aliphatic heterocycles. The minimum atomic E-state index is -4.59. The van der Waals surface area contributed by atoms with E-state index in [2.05, 4.69) is 26.1 Å². The Labute approximate surface area is 213 Å². The molecule has 1 aromatic carbocycles. The van der Waals surface area contributed by atoms with Crippen molar-refractivity contribution in [2.45, 2.75) is 44.2 Å². The molecule has 0 unspecified atom stereocenters. The third-order valence-electron chi connectivity index (χ3n) is 7.73. The van der Waals surface area contributed by atoms with E-state index in [4.69, 9.17) is 4.52 Å². The predicted octanol–water partition coefficient (Wildman–Crippen LogP) is 7.46. The second-order valence-electron chi connectivity index (χ2n) is 10.2. The maximum Gasteiger partial charge on any atom is 0.434 e. The molecule has 3 aromatic heterocycles. The van der Waals surface area contributed by atoms with Crippen LogP contribution in [0, 0.1) is 11.2 Å². The molecule has 37 heavy (non-hydrogen) atoms. The van der Waals surface area contributed by atoms with Crippen molar-refractivity contribution in [3.8, 4) is 11.3 Å². The van der Waals surface area contributed by atoms with Crippen molar-refractivity contribution in [2.75, 3.05) is 18.0 Å². The lowest BCUT2D eigenvalue weighted by molar-refractivity contribution is -0.140. The van der Waals surface area contributed by atoms with Gasteiger partial charge >= 0.3 is 6.18 Å². The van der Waals surface area contributed by atoms with Gasteiger partial charge in [0.25, 0.3) is 0 Å². The monoisotopic (exact) mass is 526 g/mol. The molecule has 0 bridgehead atoms. The van der Waals surface area contributed by atoms with Gasteiger partial charge in [0, 0.05) is 36.3 Å². The molecule has 3 aliphatic rings. The zero-order valence-electron chi connectivity index (χ0n) is 19.7. The topological polar surface area (TPSA) is 55.1 Å². The summed E-state index contributed by atoms with van der Waals surface area (Å²) in [5.41, 5.74) is 1.38. The number of hydrogen-bond donors (Lipinski definition) is 0. The van der Waals surface area contributed by atoms with Crippen molar-refractivity contribution >= 4 is 32.3 Å². The normalized spacial score (nSPS) is 19.4. The van der Waals surface area contributed by atoms with Crippen LogP contribution in [0.25, 0.3) is 27.0 Å². The van der Waals surface area contributed by atoms with E-state index in [1.165, 1.54) is 29.5 Å². The number of halogens is 4. The highest BCUT2D eigenvalue weighted by Gasteiger charge is 2.45. The number of rotatable bonds is 4. The van der Waals surface area contributed by atoms with Gasteiger partial charge in [0.15, 0.2) is 10.8 Å². The SMILES string of the molecule is Fc1cccc2sc(N3CCC4(C=C(c5c(-c6cccnc6C(F)(F)F)noc5C5CC5)C4)CC3)nc12. The summed E-state index contributed by atoms with van der Waals surface area (Å²) in [5.74, 6) is 0.598. The molecule has 190 valence electrons. The van der Waals surface area contributed by atoms with Crippen LogP contribution in [0.1, 0.15) is 55.0 Å². The molecule has 2 aliphatic carbocycles. The first kappa shape index (κ1) is 22.9. The Morgan fingerprint density at radius 1 is 1.08 bits per heavy atom. The highest BCUT2D eigenvalue weighted by Crippen LogP contribution is 2.56. The third kappa shape index (κ3) is 3.84. The molecule has 7 rings (SSSR count). The maximum atomic E-state index is 14.1. The summed E-state index contributed by atoms with van der Waals surface area (Å²) in [4.78, 5) is 10.4. The Bertz CT molecular complexity index is 1540. The van der Waals surface area contributed by atoms with Gasteiger partial charge < -0.3 is 9.42 Å². The number of piperidine rings is 1. The molecule has 4 heterocycles. The lowest BCUT2D eigenvalue weighted by Gasteiger charge is -2.46. The largest absolute Gasteiger partial charge is 0.434 e. The molecule has 0 amide bonds. The van der Waals surface area contributed by atoms with Gasteiger partial charge in [-0.15, -0.1) is 0 Å². The Morgan fingerprint density at radius 2 is 1.86 bits per heavy atom. The number of pyridine rings is 1. The van der Waals surface area contributed by atoms with E-state index in [-0.39, 0.29) is 28.4 Å². The molecule has 0 radical (unpaired) electrons. The first-order valence-corrected chi connectivity index (χ1v) is 13.2. The fourth-order valence-electron chi connectivity index (χ4n) is 5.63. The number of anilines is 1. The van der Waals surface area contributed by atoms with Gasteiger partial charge in [0.05, 0.1) is 4.70 Å².